The van der Waals surface area contributed by atoms with Crippen molar-refractivity contribution in [3.8, 4) is 0 Å². The maximum atomic E-state index is 4.61. The molecule has 5 nitrogen and oxygen atoms in total. The molecule has 0 saturated heterocycles. The minimum atomic E-state index is 0. The summed E-state index contributed by atoms with van der Waals surface area (Å²) in [5.41, 5.74) is 0. The van der Waals surface area contributed by atoms with E-state index in [4.69, 9.17) is 0 Å². The van der Waals surface area contributed by atoms with Crippen molar-refractivity contribution >= 4 is 0 Å². The van der Waals surface area contributed by atoms with Crippen LogP contribution in [-0.4, -0.2) is 77.4 Å². The predicted molar refractivity (Wildman–Crippen MR) is 104 cm³/mol. The van der Waals surface area contributed by atoms with Crippen LogP contribution in [0.1, 0.15) is 41.5 Å². The fourth-order valence-electron chi connectivity index (χ4n) is 2.09. The topological polar surface area (TPSA) is 59.6 Å². The molecule has 0 fully saturated rings. The Balaban J connectivity index is -0.000000223. The Labute approximate surface area is 165 Å². The molecule has 0 aliphatic carbocycles. The molecule has 138 valence electrons. The van der Waals surface area contributed by atoms with Gasteiger partial charge in [0.15, 0.2) is 0 Å². The van der Waals surface area contributed by atoms with Gasteiger partial charge in [-0.05, 0) is 20.1 Å². The van der Waals surface area contributed by atoms with E-state index in [2.05, 4.69) is 74.8 Å². The number of hydrogen-bond donors (Lipinski definition) is 0. The summed E-state index contributed by atoms with van der Waals surface area (Å²) in [6, 6.07) is 1.69. The summed E-state index contributed by atoms with van der Waals surface area (Å²) in [4.78, 5) is 2.33. The van der Waals surface area contributed by atoms with E-state index in [1.54, 1.807) is 28.2 Å². The third kappa shape index (κ3) is 34.9. The van der Waals surface area contributed by atoms with Gasteiger partial charge in [0.2, 0.25) is 0 Å². The summed E-state index contributed by atoms with van der Waals surface area (Å²) in [5, 5.41) is 16.2. The van der Waals surface area contributed by atoms with Gasteiger partial charge in [0.1, 0.15) is 0 Å². The van der Waals surface area contributed by atoms with Crippen LogP contribution in [0.25, 0.3) is 21.3 Å². The third-order valence-corrected chi connectivity index (χ3v) is 2.26. The molecule has 2 atom stereocenters. The fourth-order valence-corrected chi connectivity index (χ4v) is 2.09. The van der Waals surface area contributed by atoms with E-state index in [-0.39, 0.29) is 25.8 Å². The molecule has 0 spiro atoms. The molecule has 0 aromatic heterocycles. The Kier molecular flexibility index (Phi) is 31.0. The molecule has 0 aliphatic rings. The summed E-state index contributed by atoms with van der Waals surface area (Å²) in [6.45, 7) is 14.9. The van der Waals surface area contributed by atoms with E-state index < -0.39 is 0 Å². The minimum absolute atomic E-state index is 0. The molecule has 0 rings (SSSR count). The normalized spacial score (nSPS) is 12.8. The molecule has 23 heavy (non-hydrogen) atoms. The van der Waals surface area contributed by atoms with Gasteiger partial charge in [0, 0.05) is 0 Å². The standard InChI is InChI=1S/C13H29N3.2C2H6N.Hf/c1-10(2)14-12(5)8-16(7)9-13(6)15-11(3)4;2*1-3-2;/h10-13H,8-9H2,1-7H3;2*1-2H3;/q-2;2*-1;+4. The smallest absolute Gasteiger partial charge is 0.668 e. The first-order valence-electron chi connectivity index (χ1n) is 8.18. The van der Waals surface area contributed by atoms with Crippen LogP contribution in [0.5, 0.6) is 0 Å². The average Bonchev–Trinajstić information content (AvgIpc) is 2.27. The van der Waals surface area contributed by atoms with Gasteiger partial charge >= 0.3 is 25.8 Å². The Hall–Kier alpha value is 0.670. The molecular formula is C17H41HfN5. The molecule has 0 saturated carbocycles. The Bertz CT molecular complexity index is 183. The van der Waals surface area contributed by atoms with E-state index in [1.165, 1.54) is 0 Å². The van der Waals surface area contributed by atoms with Gasteiger partial charge in [0.25, 0.3) is 0 Å². The largest absolute Gasteiger partial charge is 4.00 e. The van der Waals surface area contributed by atoms with Crippen LogP contribution in [0.4, 0.5) is 0 Å². The second kappa shape index (κ2) is 22.7. The van der Waals surface area contributed by atoms with Crippen LogP contribution in [0.2, 0.25) is 0 Å². The zero-order chi connectivity index (χ0) is 18.1. The third-order valence-electron chi connectivity index (χ3n) is 2.26. The molecule has 0 heterocycles. The first-order chi connectivity index (χ1) is 10.1. The molecule has 0 N–H and O–H groups in total. The average molecular weight is 494 g/mol. The zero-order valence-corrected chi connectivity index (χ0v) is 21.1. The number of likely N-dealkylation sites (N-methyl/N-ethyl adjacent to an activating group) is 1. The second-order valence-electron chi connectivity index (χ2n) is 6.30. The molecule has 0 aromatic rings. The Morgan fingerprint density at radius 1 is 0.652 bits per heavy atom. The van der Waals surface area contributed by atoms with Crippen molar-refractivity contribution in [1.29, 1.82) is 0 Å². The molecule has 0 bridgehead atoms. The summed E-state index contributed by atoms with van der Waals surface area (Å²) >= 11 is 0. The molecule has 0 radical (unpaired) electrons. The van der Waals surface area contributed by atoms with E-state index in [0.29, 0.717) is 24.2 Å². The van der Waals surface area contributed by atoms with E-state index in [9.17, 15) is 0 Å². The van der Waals surface area contributed by atoms with E-state index in [1.807, 2.05) is 0 Å². The van der Waals surface area contributed by atoms with Gasteiger partial charge in [0.05, 0.1) is 0 Å². The number of nitrogens with zero attached hydrogens (tertiary/aromatic N) is 5. The molecule has 0 amide bonds. The van der Waals surface area contributed by atoms with Crippen LogP contribution < -0.4 is 0 Å². The van der Waals surface area contributed by atoms with Crippen molar-refractivity contribution in [3.05, 3.63) is 21.3 Å². The molecular weight excluding hydrogens is 453 g/mol. The molecule has 0 aliphatic heterocycles. The van der Waals surface area contributed by atoms with Gasteiger partial charge < -0.3 is 26.2 Å². The summed E-state index contributed by atoms with van der Waals surface area (Å²) in [6.07, 6.45) is 0. The first-order valence-corrected chi connectivity index (χ1v) is 8.18. The van der Waals surface area contributed by atoms with Crippen LogP contribution >= 0.6 is 0 Å². The Morgan fingerprint density at radius 3 is 1.04 bits per heavy atom. The van der Waals surface area contributed by atoms with Crippen molar-refractivity contribution in [2.45, 2.75) is 65.7 Å². The van der Waals surface area contributed by atoms with E-state index in [0.717, 1.165) is 13.1 Å². The maximum Gasteiger partial charge on any atom is 4.00 e. The fraction of sp³-hybridized carbons (Fsp3) is 1.00. The maximum absolute atomic E-state index is 4.61. The second-order valence-corrected chi connectivity index (χ2v) is 6.30. The van der Waals surface area contributed by atoms with Gasteiger partial charge in [-0.3, -0.25) is 0 Å². The van der Waals surface area contributed by atoms with Crippen molar-refractivity contribution in [2.24, 2.45) is 0 Å². The molecule has 6 heteroatoms. The van der Waals surface area contributed by atoms with Crippen molar-refractivity contribution < 1.29 is 25.8 Å². The molecule has 0 aromatic carbocycles. The van der Waals surface area contributed by atoms with Crippen molar-refractivity contribution in [1.82, 2.24) is 4.90 Å². The van der Waals surface area contributed by atoms with Crippen LogP contribution in [-0.2, 0) is 25.8 Å². The van der Waals surface area contributed by atoms with Gasteiger partial charge in [-0.2, -0.15) is 28.2 Å². The van der Waals surface area contributed by atoms with Crippen LogP contribution in [0, 0.1) is 0 Å². The summed E-state index contributed by atoms with van der Waals surface area (Å²) in [7, 11) is 9.15. The number of hydrogen-bond acceptors (Lipinski definition) is 1. The van der Waals surface area contributed by atoms with Crippen molar-refractivity contribution in [3.63, 3.8) is 0 Å². The Morgan fingerprint density at radius 2 is 0.870 bits per heavy atom. The van der Waals surface area contributed by atoms with Gasteiger partial charge in [-0.15, -0.1) is 24.2 Å². The summed E-state index contributed by atoms with van der Waals surface area (Å²) in [5.74, 6) is 0. The quantitative estimate of drug-likeness (QED) is 0.459. The monoisotopic (exact) mass is 495 g/mol. The SMILES string of the molecule is CC(C)[N-]C(C)CN(C)CC(C)[N-]C(C)C.C[N-]C.C[N-]C.[Hf+4]. The zero-order valence-electron chi connectivity index (χ0n) is 17.5. The van der Waals surface area contributed by atoms with Crippen LogP contribution in [0.15, 0.2) is 0 Å². The van der Waals surface area contributed by atoms with Gasteiger partial charge in [-0.25, -0.2) is 0 Å². The van der Waals surface area contributed by atoms with Crippen molar-refractivity contribution in [2.75, 3.05) is 48.3 Å². The first kappa shape index (κ1) is 31.4. The molecule has 2 unspecified atom stereocenters. The summed E-state index contributed by atoms with van der Waals surface area (Å²) < 4.78 is 0. The predicted octanol–water partition coefficient (Wildman–Crippen LogP) is 4.50. The van der Waals surface area contributed by atoms with Gasteiger partial charge in [-0.1, -0.05) is 41.5 Å². The number of rotatable bonds is 8. The minimum Gasteiger partial charge on any atom is -0.668 e. The van der Waals surface area contributed by atoms with Crippen LogP contribution in [0.3, 0.4) is 0 Å². The van der Waals surface area contributed by atoms with E-state index >= 15 is 0 Å².